The maximum absolute atomic E-state index is 12.5. The van der Waals surface area contributed by atoms with E-state index in [1.165, 1.54) is 0 Å². The highest BCUT2D eigenvalue weighted by molar-refractivity contribution is 9.10. The van der Waals surface area contributed by atoms with E-state index in [-0.39, 0.29) is 18.6 Å². The van der Waals surface area contributed by atoms with Crippen molar-refractivity contribution >= 4 is 33.4 Å². The van der Waals surface area contributed by atoms with Gasteiger partial charge in [0, 0.05) is 11.0 Å². The Hall–Kier alpha value is -0.580. The van der Waals surface area contributed by atoms with Gasteiger partial charge in [-0.2, -0.15) is 0 Å². The smallest absolute Gasteiger partial charge is 0.255 e. The molecule has 1 N–H and O–H groups in total. The van der Waals surface area contributed by atoms with Crippen LogP contribution >= 0.6 is 27.5 Å². The zero-order valence-corrected chi connectivity index (χ0v) is 12.2. The van der Waals surface area contributed by atoms with Crippen LogP contribution in [0.4, 0.5) is 0 Å². The van der Waals surface area contributed by atoms with E-state index in [1.807, 2.05) is 0 Å². The number of nitrogens with zero attached hydrogens (tertiary/aromatic N) is 1. The molecule has 1 aromatic rings. The normalized spacial score (nSPS) is 19.9. The minimum absolute atomic E-state index is 0.0113. The maximum atomic E-state index is 12.5. The van der Waals surface area contributed by atoms with Gasteiger partial charge in [0.05, 0.1) is 23.2 Å². The van der Waals surface area contributed by atoms with Crippen molar-refractivity contribution in [2.24, 2.45) is 0 Å². The van der Waals surface area contributed by atoms with Gasteiger partial charge < -0.3 is 10.0 Å². The highest BCUT2D eigenvalue weighted by atomic mass is 79.9. The summed E-state index contributed by atoms with van der Waals surface area (Å²) in [5.74, 6) is -0.0972. The average molecular weight is 333 g/mol. The van der Waals surface area contributed by atoms with Crippen LogP contribution < -0.4 is 0 Å². The molecule has 98 valence electrons. The third-order valence-electron chi connectivity index (χ3n) is 3.26. The van der Waals surface area contributed by atoms with Crippen molar-refractivity contribution < 1.29 is 9.90 Å². The number of likely N-dealkylation sites (tertiary alicyclic amines) is 1. The molecule has 18 heavy (non-hydrogen) atoms. The van der Waals surface area contributed by atoms with Gasteiger partial charge in [0.25, 0.3) is 5.91 Å². The molecule has 0 bridgehead atoms. The van der Waals surface area contributed by atoms with Crippen LogP contribution in [0, 0.1) is 0 Å². The summed E-state index contributed by atoms with van der Waals surface area (Å²) >= 11 is 9.41. The summed E-state index contributed by atoms with van der Waals surface area (Å²) in [7, 11) is 0. The lowest BCUT2D eigenvalue weighted by molar-refractivity contribution is 0.0503. The molecule has 0 aromatic heterocycles. The van der Waals surface area contributed by atoms with Gasteiger partial charge in [0.15, 0.2) is 0 Å². The molecule has 1 aromatic carbocycles. The summed E-state index contributed by atoms with van der Waals surface area (Å²) in [6.07, 6.45) is 2.89. The molecule has 1 atom stereocenters. The number of amides is 1. The van der Waals surface area contributed by atoms with E-state index in [9.17, 15) is 9.90 Å². The molecular weight excluding hydrogens is 318 g/mol. The molecule has 1 amide bonds. The monoisotopic (exact) mass is 331 g/mol. The Balaban J connectivity index is 2.26. The predicted octanol–water partition coefficient (Wildman–Crippen LogP) is 3.09. The number of carbonyl (C=O) groups excluding carboxylic acids is 1. The van der Waals surface area contributed by atoms with Crippen LogP contribution in [0.1, 0.15) is 29.6 Å². The molecular formula is C13H15BrClNO2. The number of hydrogen-bond acceptors (Lipinski definition) is 2. The van der Waals surface area contributed by atoms with Gasteiger partial charge in [-0.15, -0.1) is 0 Å². The molecule has 3 nitrogen and oxygen atoms in total. The van der Waals surface area contributed by atoms with Gasteiger partial charge in [-0.25, -0.2) is 0 Å². The lowest BCUT2D eigenvalue weighted by atomic mass is 10.0. The van der Waals surface area contributed by atoms with E-state index in [0.29, 0.717) is 17.1 Å². The van der Waals surface area contributed by atoms with Gasteiger partial charge in [-0.3, -0.25) is 4.79 Å². The van der Waals surface area contributed by atoms with Crippen molar-refractivity contribution in [2.75, 3.05) is 13.2 Å². The molecule has 1 aliphatic rings. The van der Waals surface area contributed by atoms with Crippen LogP contribution in [-0.2, 0) is 0 Å². The fourth-order valence-electron chi connectivity index (χ4n) is 2.27. The van der Waals surface area contributed by atoms with E-state index < -0.39 is 0 Å². The average Bonchev–Trinajstić information content (AvgIpc) is 2.40. The SMILES string of the molecule is O=C(c1cc(Br)ccc1Cl)N1CCCCC1CO. The molecule has 1 fully saturated rings. The number of halogens is 2. The third-order valence-corrected chi connectivity index (χ3v) is 4.08. The Morgan fingerprint density at radius 2 is 2.28 bits per heavy atom. The van der Waals surface area contributed by atoms with Gasteiger partial charge >= 0.3 is 0 Å². The quantitative estimate of drug-likeness (QED) is 0.904. The first kappa shape index (κ1) is 13.8. The van der Waals surface area contributed by atoms with Gasteiger partial charge in [-0.1, -0.05) is 27.5 Å². The first-order chi connectivity index (χ1) is 8.63. The molecule has 1 saturated heterocycles. The molecule has 1 aliphatic heterocycles. The Morgan fingerprint density at radius 3 is 3.00 bits per heavy atom. The van der Waals surface area contributed by atoms with E-state index in [0.717, 1.165) is 23.7 Å². The summed E-state index contributed by atoms with van der Waals surface area (Å²) in [6, 6.07) is 5.16. The van der Waals surface area contributed by atoms with Crippen molar-refractivity contribution in [3.63, 3.8) is 0 Å². The van der Waals surface area contributed by atoms with E-state index in [2.05, 4.69) is 15.9 Å². The number of benzene rings is 1. The van der Waals surface area contributed by atoms with Crippen molar-refractivity contribution in [1.82, 2.24) is 4.90 Å². The Labute approximate surface area is 120 Å². The van der Waals surface area contributed by atoms with Crippen molar-refractivity contribution in [3.05, 3.63) is 33.3 Å². The van der Waals surface area contributed by atoms with Crippen LogP contribution in [0.15, 0.2) is 22.7 Å². The summed E-state index contributed by atoms with van der Waals surface area (Å²) in [5.41, 5.74) is 0.492. The molecule has 1 heterocycles. The Kier molecular flexibility index (Phi) is 4.65. The van der Waals surface area contributed by atoms with E-state index in [1.54, 1.807) is 23.1 Å². The lowest BCUT2D eigenvalue weighted by Gasteiger charge is -2.34. The second-order valence-electron chi connectivity index (χ2n) is 4.45. The van der Waals surface area contributed by atoms with Crippen LogP contribution in [0.5, 0.6) is 0 Å². The number of carbonyl (C=O) groups is 1. The minimum atomic E-state index is -0.0972. The standard InChI is InChI=1S/C13H15BrClNO2/c14-9-4-5-12(15)11(7-9)13(18)16-6-2-1-3-10(16)8-17/h4-5,7,10,17H,1-3,6,8H2. The van der Waals surface area contributed by atoms with Crippen LogP contribution in [0.25, 0.3) is 0 Å². The summed E-state index contributed by atoms with van der Waals surface area (Å²) in [5, 5.41) is 9.79. The number of piperidine rings is 1. The second kappa shape index (κ2) is 6.04. The minimum Gasteiger partial charge on any atom is -0.394 e. The van der Waals surface area contributed by atoms with Gasteiger partial charge in [0.2, 0.25) is 0 Å². The van der Waals surface area contributed by atoms with Crippen molar-refractivity contribution in [2.45, 2.75) is 25.3 Å². The zero-order valence-electron chi connectivity index (χ0n) is 9.90. The Morgan fingerprint density at radius 1 is 1.50 bits per heavy atom. The van der Waals surface area contributed by atoms with Crippen molar-refractivity contribution in [1.29, 1.82) is 0 Å². The second-order valence-corrected chi connectivity index (χ2v) is 5.78. The van der Waals surface area contributed by atoms with Crippen LogP contribution in [0.3, 0.4) is 0 Å². The molecule has 2 rings (SSSR count). The molecule has 5 heteroatoms. The summed E-state index contributed by atoms with van der Waals surface area (Å²) < 4.78 is 0.827. The fourth-order valence-corrected chi connectivity index (χ4v) is 2.83. The lowest BCUT2D eigenvalue weighted by Crippen LogP contribution is -2.45. The largest absolute Gasteiger partial charge is 0.394 e. The van der Waals surface area contributed by atoms with Gasteiger partial charge in [0.1, 0.15) is 0 Å². The maximum Gasteiger partial charge on any atom is 0.255 e. The van der Waals surface area contributed by atoms with Crippen molar-refractivity contribution in [3.8, 4) is 0 Å². The molecule has 0 saturated carbocycles. The Bertz CT molecular complexity index is 453. The molecule has 1 unspecified atom stereocenters. The number of aliphatic hydroxyl groups is 1. The number of hydrogen-bond donors (Lipinski definition) is 1. The first-order valence-corrected chi connectivity index (χ1v) is 7.17. The number of aliphatic hydroxyl groups excluding tert-OH is 1. The molecule has 0 radical (unpaired) electrons. The summed E-state index contributed by atoms with van der Waals surface area (Å²) in [6.45, 7) is 0.699. The highest BCUT2D eigenvalue weighted by Crippen LogP contribution is 2.25. The zero-order chi connectivity index (χ0) is 13.1. The van der Waals surface area contributed by atoms with E-state index in [4.69, 9.17) is 11.6 Å². The third kappa shape index (κ3) is 2.87. The highest BCUT2D eigenvalue weighted by Gasteiger charge is 2.28. The number of rotatable bonds is 2. The topological polar surface area (TPSA) is 40.5 Å². The van der Waals surface area contributed by atoms with Crippen LogP contribution in [-0.4, -0.2) is 35.1 Å². The fraction of sp³-hybridized carbons (Fsp3) is 0.462. The van der Waals surface area contributed by atoms with Crippen LogP contribution in [0.2, 0.25) is 5.02 Å². The first-order valence-electron chi connectivity index (χ1n) is 6.00. The summed E-state index contributed by atoms with van der Waals surface area (Å²) in [4.78, 5) is 14.2. The molecule has 0 aliphatic carbocycles. The van der Waals surface area contributed by atoms with Gasteiger partial charge in [-0.05, 0) is 37.5 Å². The predicted molar refractivity (Wildman–Crippen MR) is 74.9 cm³/mol. The van der Waals surface area contributed by atoms with E-state index >= 15 is 0 Å². The molecule has 0 spiro atoms.